The van der Waals surface area contributed by atoms with E-state index in [0.717, 1.165) is 4.31 Å². The summed E-state index contributed by atoms with van der Waals surface area (Å²) in [5.41, 5.74) is 0. The summed E-state index contributed by atoms with van der Waals surface area (Å²) in [6, 6.07) is -0.170. The molecule has 1 fully saturated rings. The van der Waals surface area contributed by atoms with Crippen LogP contribution in [0.25, 0.3) is 0 Å². The molecule has 1 atom stereocenters. The average molecular weight is 293 g/mol. The van der Waals surface area contributed by atoms with Crippen LogP contribution in [0.1, 0.15) is 19.3 Å². The maximum Gasteiger partial charge on any atom is 0.306 e. The molecule has 1 unspecified atom stereocenters. The number of hydrogen-bond donors (Lipinski definition) is 2. The van der Waals surface area contributed by atoms with Crippen LogP contribution in [0.15, 0.2) is 0 Å². The van der Waals surface area contributed by atoms with E-state index in [0.29, 0.717) is 12.8 Å². The van der Waals surface area contributed by atoms with Gasteiger partial charge >= 0.3 is 5.97 Å². The van der Waals surface area contributed by atoms with Crippen LogP contribution < -0.4 is 10.0 Å². The quantitative estimate of drug-likeness (QED) is 0.561. The molecule has 0 aromatic heterocycles. The molecular formula is C10H19N3O5S. The minimum absolute atomic E-state index is 0.00588. The highest BCUT2D eigenvalue weighted by molar-refractivity contribution is 7.87. The Labute approximate surface area is 112 Å². The minimum atomic E-state index is -3.64. The van der Waals surface area contributed by atoms with Crippen LogP contribution in [0.2, 0.25) is 0 Å². The molecule has 0 aliphatic carbocycles. The topological polar surface area (TPSA) is 105 Å². The number of methoxy groups -OCH3 is 1. The molecule has 1 saturated heterocycles. The fraction of sp³-hybridized carbons (Fsp3) is 0.800. The number of hydrogen-bond acceptors (Lipinski definition) is 5. The molecule has 0 aromatic rings. The summed E-state index contributed by atoms with van der Waals surface area (Å²) in [6.45, 7) is 0.190. The molecule has 9 heteroatoms. The lowest BCUT2D eigenvalue weighted by molar-refractivity contribution is -0.140. The smallest absolute Gasteiger partial charge is 0.306 e. The minimum Gasteiger partial charge on any atom is -0.469 e. The van der Waals surface area contributed by atoms with Crippen molar-refractivity contribution in [1.29, 1.82) is 0 Å². The molecule has 0 aromatic carbocycles. The molecule has 1 aliphatic rings. The predicted molar refractivity (Wildman–Crippen MR) is 67.4 cm³/mol. The van der Waals surface area contributed by atoms with Crippen molar-refractivity contribution in [3.05, 3.63) is 0 Å². The normalized spacial score (nSPS) is 19.5. The van der Waals surface area contributed by atoms with Gasteiger partial charge in [0.1, 0.15) is 0 Å². The van der Waals surface area contributed by atoms with Crippen molar-refractivity contribution >= 4 is 22.1 Å². The van der Waals surface area contributed by atoms with Gasteiger partial charge in [-0.25, -0.2) is 4.72 Å². The van der Waals surface area contributed by atoms with Crippen LogP contribution in [-0.4, -0.2) is 57.9 Å². The Bertz CT molecular complexity index is 436. The van der Waals surface area contributed by atoms with Crippen molar-refractivity contribution in [1.82, 2.24) is 14.3 Å². The predicted octanol–water partition coefficient (Wildman–Crippen LogP) is -1.41. The molecule has 0 spiro atoms. The van der Waals surface area contributed by atoms with Gasteiger partial charge in [0.25, 0.3) is 10.2 Å². The fourth-order valence-electron chi connectivity index (χ4n) is 1.62. The third kappa shape index (κ3) is 5.13. The second-order valence-corrected chi connectivity index (χ2v) is 6.17. The van der Waals surface area contributed by atoms with Crippen molar-refractivity contribution in [2.45, 2.75) is 25.3 Å². The van der Waals surface area contributed by atoms with Crippen molar-refractivity contribution in [2.75, 3.05) is 27.2 Å². The van der Waals surface area contributed by atoms with Crippen LogP contribution in [-0.2, 0) is 24.5 Å². The Morgan fingerprint density at radius 3 is 2.79 bits per heavy atom. The second kappa shape index (κ2) is 6.83. The number of esters is 1. The third-order valence-electron chi connectivity index (χ3n) is 2.87. The zero-order chi connectivity index (χ0) is 14.5. The number of nitrogens with one attached hydrogen (secondary N) is 2. The summed E-state index contributed by atoms with van der Waals surface area (Å²) in [5, 5.41) is 2.67. The van der Waals surface area contributed by atoms with E-state index in [2.05, 4.69) is 14.8 Å². The van der Waals surface area contributed by atoms with Crippen molar-refractivity contribution < 1.29 is 22.7 Å². The van der Waals surface area contributed by atoms with E-state index >= 15 is 0 Å². The summed E-state index contributed by atoms with van der Waals surface area (Å²) in [4.78, 5) is 21.9. The lowest BCUT2D eigenvalue weighted by Gasteiger charge is -2.18. The molecule has 110 valence electrons. The first kappa shape index (κ1) is 15.9. The molecule has 8 nitrogen and oxygen atoms in total. The molecule has 0 bridgehead atoms. The Balaban J connectivity index is 2.37. The van der Waals surface area contributed by atoms with Crippen LogP contribution in [0.4, 0.5) is 0 Å². The van der Waals surface area contributed by atoms with E-state index in [1.54, 1.807) is 0 Å². The highest BCUT2D eigenvalue weighted by Gasteiger charge is 2.24. The van der Waals surface area contributed by atoms with E-state index in [1.165, 1.54) is 14.2 Å². The molecule has 0 saturated carbocycles. The van der Waals surface area contributed by atoms with E-state index in [9.17, 15) is 18.0 Å². The molecule has 1 rings (SSSR count). The molecule has 1 aliphatic heterocycles. The molecule has 0 radical (unpaired) electrons. The third-order valence-corrected chi connectivity index (χ3v) is 4.40. The van der Waals surface area contributed by atoms with Gasteiger partial charge in [0.15, 0.2) is 0 Å². The lowest BCUT2D eigenvalue weighted by atomic mass is 10.2. The first-order chi connectivity index (χ1) is 8.85. The zero-order valence-corrected chi connectivity index (χ0v) is 11.8. The number of carbonyl (C=O) groups excluding carboxylic acids is 2. The largest absolute Gasteiger partial charge is 0.469 e. The van der Waals surface area contributed by atoms with E-state index in [1.807, 2.05) is 0 Å². The van der Waals surface area contributed by atoms with Gasteiger partial charge in [-0.15, -0.1) is 0 Å². The highest BCUT2D eigenvalue weighted by atomic mass is 32.2. The number of nitrogens with zero attached hydrogens (tertiary/aromatic N) is 1. The summed E-state index contributed by atoms with van der Waals surface area (Å²) in [6.07, 6.45) is 1.03. The molecule has 1 heterocycles. The highest BCUT2D eigenvalue weighted by Crippen LogP contribution is 2.06. The van der Waals surface area contributed by atoms with E-state index < -0.39 is 16.2 Å². The number of carbonyl (C=O) groups is 2. The summed E-state index contributed by atoms with van der Waals surface area (Å²) in [7, 11) is -1.02. The Morgan fingerprint density at radius 1 is 1.58 bits per heavy atom. The number of ether oxygens (including phenoxy) is 1. The van der Waals surface area contributed by atoms with Gasteiger partial charge in [0, 0.05) is 32.6 Å². The maximum atomic E-state index is 11.8. The molecular weight excluding hydrogens is 274 g/mol. The molecule has 1 amide bonds. The van der Waals surface area contributed by atoms with Crippen LogP contribution in [0.3, 0.4) is 0 Å². The summed E-state index contributed by atoms with van der Waals surface area (Å²) in [5.74, 6) is -0.534. The maximum absolute atomic E-state index is 11.8. The number of rotatable bonds is 7. The van der Waals surface area contributed by atoms with Gasteiger partial charge in [-0.1, -0.05) is 0 Å². The number of amides is 1. The standard InChI is InChI=1S/C10H19N3O5S/c1-13(6-5-10(15)18-2)19(16,17)11-7-8-3-4-9(14)12-8/h8,11H,3-7H2,1-2H3,(H,12,14). The van der Waals surface area contributed by atoms with Crippen LogP contribution in [0, 0.1) is 0 Å². The van der Waals surface area contributed by atoms with Gasteiger partial charge in [-0.2, -0.15) is 12.7 Å². The lowest BCUT2D eigenvalue weighted by Crippen LogP contribution is -2.44. The van der Waals surface area contributed by atoms with Gasteiger partial charge in [-0.3, -0.25) is 9.59 Å². The molecule has 2 N–H and O–H groups in total. The molecule has 19 heavy (non-hydrogen) atoms. The fourth-order valence-corrected chi connectivity index (χ4v) is 2.58. The van der Waals surface area contributed by atoms with Crippen molar-refractivity contribution in [3.8, 4) is 0 Å². The zero-order valence-electron chi connectivity index (χ0n) is 11.0. The van der Waals surface area contributed by atoms with Gasteiger partial charge in [-0.05, 0) is 6.42 Å². The van der Waals surface area contributed by atoms with E-state index in [-0.39, 0.29) is 31.5 Å². The summed E-state index contributed by atoms with van der Waals surface area (Å²) < 4.78 is 31.5. The van der Waals surface area contributed by atoms with Crippen LogP contribution >= 0.6 is 0 Å². The Kier molecular flexibility index (Phi) is 5.70. The Hall–Kier alpha value is -1.19. The van der Waals surface area contributed by atoms with Crippen LogP contribution in [0.5, 0.6) is 0 Å². The SMILES string of the molecule is COC(=O)CCN(C)S(=O)(=O)NCC1CCC(=O)N1. The first-order valence-electron chi connectivity index (χ1n) is 5.92. The monoisotopic (exact) mass is 293 g/mol. The first-order valence-corrected chi connectivity index (χ1v) is 7.36. The van der Waals surface area contributed by atoms with E-state index in [4.69, 9.17) is 0 Å². The van der Waals surface area contributed by atoms with Gasteiger partial charge < -0.3 is 10.1 Å². The Morgan fingerprint density at radius 2 is 2.26 bits per heavy atom. The average Bonchev–Trinajstić information content (AvgIpc) is 2.79. The van der Waals surface area contributed by atoms with Gasteiger partial charge in [0.05, 0.1) is 13.5 Å². The van der Waals surface area contributed by atoms with Gasteiger partial charge in [0.2, 0.25) is 5.91 Å². The van der Waals surface area contributed by atoms with Crippen molar-refractivity contribution in [3.63, 3.8) is 0 Å². The second-order valence-electron chi connectivity index (χ2n) is 4.30. The van der Waals surface area contributed by atoms with Crippen molar-refractivity contribution in [2.24, 2.45) is 0 Å². The summed E-state index contributed by atoms with van der Waals surface area (Å²) >= 11 is 0.